The molecule has 0 saturated carbocycles. The Kier molecular flexibility index (Phi) is 6.80. The number of hydrogen-bond donors (Lipinski definition) is 1. The largest absolute Gasteiger partial charge is 0.350 e. The maximum Gasteiger partial charge on any atom is 0.251 e. The first-order valence-corrected chi connectivity index (χ1v) is 10.3. The van der Waals surface area contributed by atoms with E-state index in [4.69, 9.17) is 0 Å². The topological polar surface area (TPSA) is 66.5 Å². The summed E-state index contributed by atoms with van der Waals surface area (Å²) >= 11 is 0. The third kappa shape index (κ3) is 4.80. The predicted octanol–water partition coefficient (Wildman–Crippen LogP) is 3.17. The molecule has 1 amide bonds. The number of sulfonamides is 1. The highest BCUT2D eigenvalue weighted by atomic mass is 32.2. The molecule has 2 rings (SSSR count). The fourth-order valence-corrected chi connectivity index (χ4v) is 4.45. The summed E-state index contributed by atoms with van der Waals surface area (Å²) in [6.45, 7) is 5.32. The zero-order valence-corrected chi connectivity index (χ0v) is 15.4. The van der Waals surface area contributed by atoms with Crippen LogP contribution in [0.1, 0.15) is 62.7 Å². The smallest absolute Gasteiger partial charge is 0.251 e. The summed E-state index contributed by atoms with van der Waals surface area (Å²) in [6, 6.07) is 6.37. The summed E-state index contributed by atoms with van der Waals surface area (Å²) in [5.41, 5.74) is 0.498. The number of rotatable bonds is 8. The summed E-state index contributed by atoms with van der Waals surface area (Å²) in [6.07, 6.45) is 6.22. The van der Waals surface area contributed by atoms with Crippen LogP contribution in [0.5, 0.6) is 0 Å². The van der Waals surface area contributed by atoms with Crippen LogP contribution in [0.4, 0.5) is 0 Å². The van der Waals surface area contributed by atoms with E-state index in [0.29, 0.717) is 18.7 Å². The van der Waals surface area contributed by atoms with E-state index in [1.165, 1.54) is 22.9 Å². The molecule has 0 aliphatic carbocycles. The van der Waals surface area contributed by atoms with Gasteiger partial charge in [0.15, 0.2) is 0 Å². The molecule has 0 radical (unpaired) electrons. The highest BCUT2D eigenvalue weighted by molar-refractivity contribution is 7.89. The third-order valence-electron chi connectivity index (χ3n) is 4.44. The minimum absolute atomic E-state index is 0.122. The van der Waals surface area contributed by atoms with Crippen LogP contribution < -0.4 is 5.32 Å². The van der Waals surface area contributed by atoms with Gasteiger partial charge < -0.3 is 5.32 Å². The average Bonchev–Trinajstić information content (AvgIpc) is 3.10. The van der Waals surface area contributed by atoms with Gasteiger partial charge >= 0.3 is 0 Å². The molecule has 1 aromatic carbocycles. The summed E-state index contributed by atoms with van der Waals surface area (Å²) in [5.74, 6) is -0.149. The van der Waals surface area contributed by atoms with Crippen molar-refractivity contribution in [3.63, 3.8) is 0 Å². The molecule has 1 N–H and O–H groups in total. The lowest BCUT2D eigenvalue weighted by Gasteiger charge is -2.16. The van der Waals surface area contributed by atoms with E-state index >= 15 is 0 Å². The first-order valence-electron chi connectivity index (χ1n) is 8.86. The van der Waals surface area contributed by atoms with Crippen molar-refractivity contribution in [2.24, 2.45) is 0 Å². The van der Waals surface area contributed by atoms with Crippen molar-refractivity contribution in [3.8, 4) is 0 Å². The van der Waals surface area contributed by atoms with Gasteiger partial charge in [-0.15, -0.1) is 0 Å². The predicted molar refractivity (Wildman–Crippen MR) is 95.5 cm³/mol. The molecule has 134 valence electrons. The van der Waals surface area contributed by atoms with Gasteiger partial charge in [0.1, 0.15) is 0 Å². The number of hydrogen-bond acceptors (Lipinski definition) is 3. The zero-order chi connectivity index (χ0) is 17.6. The summed E-state index contributed by atoms with van der Waals surface area (Å²) in [7, 11) is -3.42. The molecule has 1 aliphatic heterocycles. The van der Waals surface area contributed by atoms with Gasteiger partial charge in [0.05, 0.1) is 4.90 Å². The van der Waals surface area contributed by atoms with Gasteiger partial charge in [-0.1, -0.05) is 26.2 Å². The molecule has 1 aromatic rings. The Hall–Kier alpha value is -1.40. The van der Waals surface area contributed by atoms with E-state index < -0.39 is 10.0 Å². The van der Waals surface area contributed by atoms with Crippen molar-refractivity contribution < 1.29 is 13.2 Å². The zero-order valence-electron chi connectivity index (χ0n) is 14.6. The Morgan fingerprint density at radius 3 is 2.38 bits per heavy atom. The summed E-state index contributed by atoms with van der Waals surface area (Å²) in [4.78, 5) is 12.5. The van der Waals surface area contributed by atoms with Crippen LogP contribution in [-0.4, -0.2) is 37.8 Å². The second-order valence-corrected chi connectivity index (χ2v) is 8.44. The lowest BCUT2D eigenvalue weighted by atomic mass is 10.1. The van der Waals surface area contributed by atoms with E-state index in [1.807, 2.05) is 6.92 Å². The molecule has 1 atom stereocenters. The van der Waals surface area contributed by atoms with Crippen LogP contribution in [0.3, 0.4) is 0 Å². The Morgan fingerprint density at radius 2 is 1.79 bits per heavy atom. The molecule has 5 nitrogen and oxygen atoms in total. The molecule has 6 heteroatoms. The molecule has 1 aliphatic rings. The van der Waals surface area contributed by atoms with E-state index in [1.54, 1.807) is 12.1 Å². The van der Waals surface area contributed by atoms with E-state index in [0.717, 1.165) is 32.1 Å². The molecular formula is C18H28N2O3S. The summed E-state index contributed by atoms with van der Waals surface area (Å²) < 4.78 is 26.4. The van der Waals surface area contributed by atoms with Crippen molar-refractivity contribution in [2.75, 3.05) is 13.1 Å². The summed E-state index contributed by atoms with van der Waals surface area (Å²) in [5, 5.41) is 2.97. The van der Waals surface area contributed by atoms with Crippen LogP contribution in [0.15, 0.2) is 29.2 Å². The van der Waals surface area contributed by atoms with Crippen LogP contribution in [-0.2, 0) is 10.0 Å². The van der Waals surface area contributed by atoms with Gasteiger partial charge in [0, 0.05) is 24.7 Å². The average molecular weight is 353 g/mol. The van der Waals surface area contributed by atoms with Crippen molar-refractivity contribution in [1.29, 1.82) is 0 Å². The van der Waals surface area contributed by atoms with Crippen molar-refractivity contribution in [3.05, 3.63) is 29.8 Å². The first-order chi connectivity index (χ1) is 11.4. The minimum atomic E-state index is -3.42. The molecule has 1 fully saturated rings. The van der Waals surface area contributed by atoms with Crippen molar-refractivity contribution in [1.82, 2.24) is 9.62 Å². The Labute approximate surface area is 145 Å². The molecule has 0 aromatic heterocycles. The monoisotopic (exact) mass is 352 g/mol. The van der Waals surface area contributed by atoms with Gasteiger partial charge in [-0.3, -0.25) is 4.79 Å². The lowest BCUT2D eigenvalue weighted by molar-refractivity contribution is 0.0938. The Balaban J connectivity index is 1.97. The van der Waals surface area contributed by atoms with Gasteiger partial charge in [-0.2, -0.15) is 4.31 Å². The molecule has 0 bridgehead atoms. The minimum Gasteiger partial charge on any atom is -0.350 e. The standard InChI is InChI=1S/C18H28N2O3S/c1-3-4-5-8-15(2)19-18(21)16-9-11-17(12-10-16)24(22,23)20-13-6-7-14-20/h9-12,15H,3-8,13-14H2,1-2H3,(H,19,21)/t15-/m0/s1. The van der Waals surface area contributed by atoms with Gasteiger partial charge in [0.2, 0.25) is 10.0 Å². The quantitative estimate of drug-likeness (QED) is 0.731. The fourth-order valence-electron chi connectivity index (χ4n) is 2.94. The molecular weight excluding hydrogens is 324 g/mol. The second kappa shape index (κ2) is 8.62. The number of amides is 1. The van der Waals surface area contributed by atoms with Crippen LogP contribution in [0, 0.1) is 0 Å². The normalized spacial score (nSPS) is 16.9. The molecule has 0 unspecified atom stereocenters. The highest BCUT2D eigenvalue weighted by Crippen LogP contribution is 2.21. The number of nitrogens with one attached hydrogen (secondary N) is 1. The molecule has 1 heterocycles. The van der Waals surface area contributed by atoms with Gasteiger partial charge in [-0.25, -0.2) is 8.42 Å². The number of benzene rings is 1. The van der Waals surface area contributed by atoms with Gasteiger partial charge in [-0.05, 0) is 50.5 Å². The molecule has 1 saturated heterocycles. The fraction of sp³-hybridized carbons (Fsp3) is 0.611. The Morgan fingerprint density at radius 1 is 1.17 bits per heavy atom. The molecule has 24 heavy (non-hydrogen) atoms. The van der Waals surface area contributed by atoms with E-state index in [2.05, 4.69) is 12.2 Å². The Bertz CT molecular complexity index is 635. The van der Waals surface area contributed by atoms with Crippen molar-refractivity contribution in [2.45, 2.75) is 63.3 Å². The highest BCUT2D eigenvalue weighted by Gasteiger charge is 2.27. The lowest BCUT2D eigenvalue weighted by Crippen LogP contribution is -2.32. The van der Waals surface area contributed by atoms with Gasteiger partial charge in [0.25, 0.3) is 5.91 Å². The SMILES string of the molecule is CCCCC[C@H](C)NC(=O)c1ccc(S(=O)(=O)N2CCCC2)cc1. The van der Waals surface area contributed by atoms with E-state index in [-0.39, 0.29) is 16.8 Å². The number of unbranched alkanes of at least 4 members (excludes halogenated alkanes) is 2. The van der Waals surface area contributed by atoms with Crippen LogP contribution in [0.25, 0.3) is 0 Å². The first kappa shape index (κ1) is 18.9. The maximum atomic E-state index is 12.5. The van der Waals surface area contributed by atoms with Crippen LogP contribution >= 0.6 is 0 Å². The maximum absolute atomic E-state index is 12.5. The molecule has 0 spiro atoms. The van der Waals surface area contributed by atoms with E-state index in [9.17, 15) is 13.2 Å². The number of carbonyl (C=O) groups excluding carboxylic acids is 1. The third-order valence-corrected chi connectivity index (χ3v) is 6.35. The number of nitrogens with zero attached hydrogens (tertiary/aromatic N) is 1. The number of carbonyl (C=O) groups is 1. The van der Waals surface area contributed by atoms with Crippen LogP contribution in [0.2, 0.25) is 0 Å². The second-order valence-electron chi connectivity index (χ2n) is 6.51. The van der Waals surface area contributed by atoms with Crippen molar-refractivity contribution >= 4 is 15.9 Å².